The maximum atomic E-state index is 13.0. The fourth-order valence-corrected chi connectivity index (χ4v) is 5.31. The average Bonchev–Trinajstić information content (AvgIpc) is 2.72. The van der Waals surface area contributed by atoms with Crippen LogP contribution in [0.5, 0.6) is 5.75 Å². The molecule has 1 fully saturated rings. The van der Waals surface area contributed by atoms with Crippen molar-refractivity contribution in [1.29, 1.82) is 0 Å². The van der Waals surface area contributed by atoms with E-state index in [0.717, 1.165) is 5.56 Å². The van der Waals surface area contributed by atoms with Gasteiger partial charge in [-0.15, -0.1) is 0 Å². The van der Waals surface area contributed by atoms with Crippen LogP contribution in [-0.4, -0.2) is 38.7 Å². The van der Waals surface area contributed by atoms with Gasteiger partial charge in [-0.05, 0) is 49.1 Å². The molecule has 0 bridgehead atoms. The van der Waals surface area contributed by atoms with Crippen molar-refractivity contribution >= 4 is 27.4 Å². The van der Waals surface area contributed by atoms with Crippen LogP contribution in [-0.2, 0) is 21.2 Å². The van der Waals surface area contributed by atoms with Crippen molar-refractivity contribution in [2.45, 2.75) is 30.6 Å². The SMILES string of the molecule is COc1cc(Cl)cc(S(=O)(=O)N2CCC(C(=O)CCc3ccc(F)cc3)CC2)c1. The minimum Gasteiger partial charge on any atom is -0.497 e. The Morgan fingerprint density at radius 2 is 1.83 bits per heavy atom. The summed E-state index contributed by atoms with van der Waals surface area (Å²) in [5.74, 6) is 0.0412. The second-order valence-corrected chi connectivity index (χ2v) is 9.47. The molecule has 0 spiro atoms. The Kier molecular flexibility index (Phi) is 6.93. The Hall–Kier alpha value is -1.96. The largest absolute Gasteiger partial charge is 0.497 e. The molecule has 1 aliphatic heterocycles. The Morgan fingerprint density at radius 3 is 2.45 bits per heavy atom. The zero-order valence-electron chi connectivity index (χ0n) is 16.1. The number of nitrogens with zero attached hydrogens (tertiary/aromatic N) is 1. The van der Waals surface area contributed by atoms with E-state index in [4.69, 9.17) is 16.3 Å². The van der Waals surface area contributed by atoms with Gasteiger partial charge in [0.05, 0.1) is 12.0 Å². The van der Waals surface area contributed by atoms with Gasteiger partial charge >= 0.3 is 0 Å². The number of hydrogen-bond donors (Lipinski definition) is 0. The highest BCUT2D eigenvalue weighted by atomic mass is 35.5. The molecule has 1 heterocycles. The average molecular weight is 440 g/mol. The number of piperidine rings is 1. The smallest absolute Gasteiger partial charge is 0.243 e. The summed E-state index contributed by atoms with van der Waals surface area (Å²) in [6.45, 7) is 0.564. The molecule has 0 radical (unpaired) electrons. The fraction of sp³-hybridized carbons (Fsp3) is 0.381. The molecule has 0 saturated carbocycles. The van der Waals surface area contributed by atoms with Crippen molar-refractivity contribution < 1.29 is 22.3 Å². The molecule has 1 aliphatic rings. The molecule has 0 aliphatic carbocycles. The molecule has 3 rings (SSSR count). The molecule has 0 amide bonds. The zero-order chi connectivity index (χ0) is 21.0. The number of carbonyl (C=O) groups is 1. The van der Waals surface area contributed by atoms with Crippen LogP contribution in [0.4, 0.5) is 4.39 Å². The van der Waals surface area contributed by atoms with Gasteiger partial charge in [-0.2, -0.15) is 4.31 Å². The lowest BCUT2D eigenvalue weighted by atomic mass is 9.90. The van der Waals surface area contributed by atoms with Crippen molar-refractivity contribution in [3.05, 3.63) is 58.9 Å². The number of sulfonamides is 1. The van der Waals surface area contributed by atoms with E-state index in [2.05, 4.69) is 0 Å². The van der Waals surface area contributed by atoms with Crippen molar-refractivity contribution in [3.8, 4) is 5.75 Å². The standard InChI is InChI=1S/C21H23ClFNO4S/c1-28-19-12-17(22)13-20(14-19)29(26,27)24-10-8-16(9-11-24)21(25)7-4-15-2-5-18(23)6-3-15/h2-3,5-6,12-14,16H,4,7-11H2,1H3. The molecule has 0 N–H and O–H groups in total. The predicted octanol–water partition coefficient (Wildman–Crippen LogP) is 4.09. The minimum absolute atomic E-state index is 0.0861. The van der Waals surface area contributed by atoms with Gasteiger partial charge in [-0.25, -0.2) is 12.8 Å². The molecule has 2 aromatic carbocycles. The molecule has 5 nitrogen and oxygen atoms in total. The van der Waals surface area contributed by atoms with Crippen LogP contribution in [0.25, 0.3) is 0 Å². The molecule has 156 valence electrons. The van der Waals surface area contributed by atoms with Crippen molar-refractivity contribution in [3.63, 3.8) is 0 Å². The third kappa shape index (κ3) is 5.35. The third-order valence-electron chi connectivity index (χ3n) is 5.20. The van der Waals surface area contributed by atoms with Crippen LogP contribution in [0.15, 0.2) is 47.4 Å². The lowest BCUT2D eigenvalue weighted by molar-refractivity contribution is -0.123. The molecule has 2 aromatic rings. The van der Waals surface area contributed by atoms with E-state index in [1.54, 1.807) is 18.2 Å². The molecule has 0 atom stereocenters. The summed E-state index contributed by atoms with van der Waals surface area (Å²) >= 11 is 6.00. The Bertz CT molecular complexity index is 971. The summed E-state index contributed by atoms with van der Waals surface area (Å²) in [5.41, 5.74) is 0.912. The van der Waals surface area contributed by atoms with Gasteiger partial charge in [0.2, 0.25) is 10.0 Å². The van der Waals surface area contributed by atoms with Crippen LogP contribution in [0.3, 0.4) is 0 Å². The highest BCUT2D eigenvalue weighted by Crippen LogP contribution is 2.29. The topological polar surface area (TPSA) is 63.7 Å². The second kappa shape index (κ2) is 9.24. The number of ketones is 1. The highest BCUT2D eigenvalue weighted by molar-refractivity contribution is 7.89. The zero-order valence-corrected chi connectivity index (χ0v) is 17.7. The third-order valence-corrected chi connectivity index (χ3v) is 7.30. The molecular weight excluding hydrogens is 417 g/mol. The number of halogens is 2. The molecule has 8 heteroatoms. The van der Waals surface area contributed by atoms with Gasteiger partial charge in [0, 0.05) is 36.5 Å². The van der Waals surface area contributed by atoms with E-state index in [9.17, 15) is 17.6 Å². The van der Waals surface area contributed by atoms with Gasteiger partial charge in [-0.3, -0.25) is 4.79 Å². The lowest BCUT2D eigenvalue weighted by Crippen LogP contribution is -2.40. The van der Waals surface area contributed by atoms with Crippen LogP contribution >= 0.6 is 11.6 Å². The van der Waals surface area contributed by atoms with Gasteiger partial charge in [-0.1, -0.05) is 23.7 Å². The normalized spacial score (nSPS) is 16.0. The van der Waals surface area contributed by atoms with Crippen molar-refractivity contribution in [2.24, 2.45) is 5.92 Å². The Labute approximate surface area is 175 Å². The van der Waals surface area contributed by atoms with Gasteiger partial charge in [0.25, 0.3) is 0 Å². The van der Waals surface area contributed by atoms with Crippen molar-refractivity contribution in [1.82, 2.24) is 4.31 Å². The number of ether oxygens (including phenoxy) is 1. The maximum Gasteiger partial charge on any atom is 0.243 e. The highest BCUT2D eigenvalue weighted by Gasteiger charge is 2.32. The quantitative estimate of drug-likeness (QED) is 0.651. The second-order valence-electron chi connectivity index (χ2n) is 7.10. The first-order chi connectivity index (χ1) is 13.8. The first kappa shape index (κ1) is 21.7. The van der Waals surface area contributed by atoms with E-state index >= 15 is 0 Å². The number of carbonyl (C=O) groups excluding carboxylic acids is 1. The van der Waals surface area contributed by atoms with E-state index in [1.807, 2.05) is 0 Å². The van der Waals surface area contributed by atoms with Gasteiger partial charge < -0.3 is 4.74 Å². The number of Topliss-reactive ketones (excluding diaryl/α,β-unsaturated/α-hetero) is 1. The number of rotatable bonds is 7. The molecule has 1 saturated heterocycles. The van der Waals surface area contributed by atoms with E-state index in [1.165, 1.54) is 35.7 Å². The van der Waals surface area contributed by atoms with E-state index in [0.29, 0.717) is 31.4 Å². The predicted molar refractivity (Wildman–Crippen MR) is 109 cm³/mol. The Morgan fingerprint density at radius 1 is 1.17 bits per heavy atom. The molecule has 0 unspecified atom stereocenters. The summed E-state index contributed by atoms with van der Waals surface area (Å²) < 4.78 is 45.3. The first-order valence-corrected chi connectivity index (χ1v) is 11.2. The summed E-state index contributed by atoms with van der Waals surface area (Å²) in [7, 11) is -2.25. The van der Waals surface area contributed by atoms with Crippen LogP contribution < -0.4 is 4.74 Å². The number of methoxy groups -OCH3 is 1. The van der Waals surface area contributed by atoms with Crippen molar-refractivity contribution in [2.75, 3.05) is 20.2 Å². The lowest BCUT2D eigenvalue weighted by Gasteiger charge is -2.30. The Balaban J connectivity index is 1.58. The summed E-state index contributed by atoms with van der Waals surface area (Å²) in [6.07, 6.45) is 1.90. The monoisotopic (exact) mass is 439 g/mol. The number of hydrogen-bond acceptors (Lipinski definition) is 4. The fourth-order valence-electron chi connectivity index (χ4n) is 3.49. The number of benzene rings is 2. The minimum atomic E-state index is -3.70. The molecule has 29 heavy (non-hydrogen) atoms. The molecule has 0 aromatic heterocycles. The summed E-state index contributed by atoms with van der Waals surface area (Å²) in [4.78, 5) is 12.6. The van der Waals surface area contributed by atoms with Crippen LogP contribution in [0.1, 0.15) is 24.8 Å². The van der Waals surface area contributed by atoms with Crippen LogP contribution in [0.2, 0.25) is 5.02 Å². The summed E-state index contributed by atoms with van der Waals surface area (Å²) in [5, 5.41) is 0.286. The van der Waals surface area contributed by atoms with E-state index in [-0.39, 0.29) is 40.5 Å². The first-order valence-electron chi connectivity index (χ1n) is 9.41. The van der Waals surface area contributed by atoms with E-state index < -0.39 is 10.0 Å². The molecular formula is C21H23ClFNO4S. The summed E-state index contributed by atoms with van der Waals surface area (Å²) in [6, 6.07) is 10.5. The van der Waals surface area contributed by atoms with Crippen LogP contribution in [0, 0.1) is 11.7 Å². The number of aryl methyl sites for hydroxylation is 1. The van der Waals surface area contributed by atoms with Gasteiger partial charge in [0.15, 0.2) is 0 Å². The maximum absolute atomic E-state index is 13.0. The van der Waals surface area contributed by atoms with Gasteiger partial charge in [0.1, 0.15) is 17.3 Å².